The van der Waals surface area contributed by atoms with E-state index in [1.165, 1.54) is 85.3 Å². The summed E-state index contributed by atoms with van der Waals surface area (Å²) in [6.45, 7) is 6.18. The number of nitrogens with two attached hydrogens (primary N) is 1. The molecule has 0 saturated carbocycles. The molecule has 1 fully saturated rings. The lowest BCUT2D eigenvalue weighted by molar-refractivity contribution is -0.137. The van der Waals surface area contributed by atoms with E-state index in [0.717, 1.165) is 101 Å². The van der Waals surface area contributed by atoms with Gasteiger partial charge in [0.1, 0.15) is 88.6 Å². The summed E-state index contributed by atoms with van der Waals surface area (Å²) in [7, 11) is 0. The fourth-order valence-electron chi connectivity index (χ4n) is 14.2. The van der Waals surface area contributed by atoms with Gasteiger partial charge in [-0.25, -0.2) is 0 Å². The lowest BCUT2D eigenvalue weighted by Crippen LogP contribution is -2.56. The van der Waals surface area contributed by atoms with Crippen LogP contribution in [0.25, 0.3) is 11.1 Å². The number of fused-ring (bicyclic) bond motifs is 14. The first-order chi connectivity index (χ1) is 51.4. The van der Waals surface area contributed by atoms with Gasteiger partial charge in [-0.3, -0.25) is 33.6 Å². The molecule has 27 nitrogen and oxygen atoms in total. The van der Waals surface area contributed by atoms with Crippen LogP contribution in [-0.2, 0) is 46.5 Å². The highest BCUT2D eigenvalue weighted by Gasteiger charge is 2.42. The summed E-state index contributed by atoms with van der Waals surface area (Å²) in [5.41, 5.74) is 5.18. The van der Waals surface area contributed by atoms with E-state index in [1.807, 2.05) is 0 Å². The normalized spacial score (nSPS) is 21.7. The van der Waals surface area contributed by atoms with E-state index in [-0.39, 0.29) is 103 Å². The molecule has 9 atom stereocenters. The molecule has 17 bridgehead atoms. The number of aliphatic hydroxyl groups is 1. The van der Waals surface area contributed by atoms with Gasteiger partial charge < -0.3 is 103 Å². The summed E-state index contributed by atoms with van der Waals surface area (Å²) in [6.07, 6.45) is 9.46. The van der Waals surface area contributed by atoms with Gasteiger partial charge in [-0.1, -0.05) is 106 Å². The number of phenols is 6. The Hall–Kier alpha value is -10.6. The van der Waals surface area contributed by atoms with Crippen LogP contribution in [0.5, 0.6) is 69.0 Å². The molecule has 7 aliphatic heterocycles. The predicted octanol–water partition coefficient (Wildman–Crippen LogP) is 9.51. The van der Waals surface area contributed by atoms with Crippen molar-refractivity contribution in [3.63, 3.8) is 0 Å². The number of piperidine rings is 1. The third-order valence-corrected chi connectivity index (χ3v) is 20.7. The van der Waals surface area contributed by atoms with Crippen molar-refractivity contribution in [2.45, 2.75) is 158 Å². The first-order valence-corrected chi connectivity index (χ1v) is 36.7. The van der Waals surface area contributed by atoms with Crippen molar-refractivity contribution in [2.75, 3.05) is 26.2 Å². The van der Waals surface area contributed by atoms with Crippen LogP contribution in [-0.4, -0.2) is 126 Å². The SMILES string of the molecule is CCCCCCCCCCNCc1c(O)cc2c(c1O)-c1cc(ccc1O)[C@@H]1NC(=O)[C@H]3NC(=O)[C@H]4NC(=O)[C@H](Cc5ccc(c(Cl)c5)Oc5cc3cc(c5O)Oc3ccc(cc3Cl)C(O)[C@H](NC1=O)C(=O)N[C@@H]2C(=O)NCCCN1CCCCC1C)NC(=O)[C@@H](N)c1ccc(O)c(c1)Oc1cc(O)cc4c1. The number of phenolic OH excluding ortho intramolecular Hbond substituents is 6. The maximum absolute atomic E-state index is 16.2. The highest BCUT2D eigenvalue weighted by atomic mass is 35.5. The Morgan fingerprint density at radius 1 is 0.561 bits per heavy atom. The molecule has 29 heteroatoms. The topological polar surface area (TPSA) is 414 Å². The summed E-state index contributed by atoms with van der Waals surface area (Å²) in [5, 5.41) is 106. The van der Waals surface area contributed by atoms with Gasteiger partial charge in [-0.15, -0.1) is 0 Å². The minimum atomic E-state index is -2.16. The quantitative estimate of drug-likeness (QED) is 0.0400. The monoisotopic (exact) mass is 1500 g/mol. The van der Waals surface area contributed by atoms with Crippen molar-refractivity contribution in [1.29, 1.82) is 0 Å². The number of carbonyl (C=O) groups excluding carboxylic acids is 7. The van der Waals surface area contributed by atoms with Crippen LogP contribution in [0.4, 0.5) is 0 Å². The smallest absolute Gasteiger partial charge is 0.248 e. The average molecular weight is 1510 g/mol. The second-order valence-electron chi connectivity index (χ2n) is 27.7. The van der Waals surface area contributed by atoms with E-state index in [4.69, 9.17) is 43.1 Å². The van der Waals surface area contributed by atoms with Crippen molar-refractivity contribution in [3.8, 4) is 80.1 Å². The fraction of sp³-hybridized carbons (Fsp3) is 0.372. The Bertz CT molecular complexity index is 4580. The Morgan fingerprint density at radius 3 is 1.89 bits per heavy atom. The van der Waals surface area contributed by atoms with Gasteiger partial charge in [0.25, 0.3) is 0 Å². The molecule has 0 aliphatic carbocycles. The number of carbonyl (C=O) groups is 7. The van der Waals surface area contributed by atoms with Crippen LogP contribution < -0.4 is 62.5 Å². The summed E-state index contributed by atoms with van der Waals surface area (Å²) in [6, 6.07) is 9.28. The number of nitrogens with one attached hydrogen (secondary N) is 8. The molecule has 7 heterocycles. The standard InChI is InChI=1S/C78H86Cl2N10O17/c1-3-4-5-6-7-8-9-11-23-82-38-50-56(94)37-49-62(70(50)96)48-31-42(17-19-54(48)92)64-75(101)89-68(78(104)88-67(49)74(100)83-24-13-26-90-25-12-10-14-39(90)2)69(95)43-18-22-58(52(80)32-43)107-61-35-45-34-60(71(61)97)106-57-21-15-40(27-51(57)79)28-53-72(98)85-65(76(102)87-66(45)77(103)86-64)44-29-46(91)36-47(30-44)105-59-33-41(16-20-55(59)93)63(81)73(99)84-53/h15-22,27,29-37,39,53,63-69,82,91-97H,3-14,23-26,28,38,81H2,1-2H3,(H,83,100)(H,84,99)(H,85,98)(H,86,103)(H,87,102)(H,88,104)(H,89,101)/t39?,53-,63-,64-,65-,66-,67-,68-,69?/m0/s1. The second-order valence-corrected chi connectivity index (χ2v) is 28.5. The Labute approximate surface area is 626 Å². The van der Waals surface area contributed by atoms with Crippen LogP contribution >= 0.6 is 23.2 Å². The number of ether oxygens (including phenoxy) is 3. The molecule has 1 saturated heterocycles. The van der Waals surface area contributed by atoms with Gasteiger partial charge in [0.05, 0.1) is 15.6 Å². The first kappa shape index (κ1) is 76.1. The summed E-state index contributed by atoms with van der Waals surface area (Å²) >= 11 is 14.0. The first-order valence-electron chi connectivity index (χ1n) is 36.0. The fourth-order valence-corrected chi connectivity index (χ4v) is 14.6. The molecule has 0 spiro atoms. The minimum absolute atomic E-state index is 0.0775. The van der Waals surface area contributed by atoms with Crippen LogP contribution in [0.3, 0.4) is 0 Å². The Morgan fingerprint density at radius 2 is 1.19 bits per heavy atom. The number of rotatable bonds is 16. The van der Waals surface area contributed by atoms with Crippen molar-refractivity contribution >= 4 is 64.6 Å². The number of halogens is 2. The largest absolute Gasteiger partial charge is 0.508 e. The molecule has 107 heavy (non-hydrogen) atoms. The maximum Gasteiger partial charge on any atom is 0.248 e. The number of hydrogen-bond acceptors (Lipinski definition) is 20. The van der Waals surface area contributed by atoms with E-state index in [0.29, 0.717) is 31.1 Å². The van der Waals surface area contributed by atoms with E-state index >= 15 is 28.8 Å². The molecular formula is C78H86Cl2N10O17. The van der Waals surface area contributed by atoms with Crippen molar-refractivity contribution in [2.24, 2.45) is 5.73 Å². The molecule has 17 N–H and O–H groups in total. The number of likely N-dealkylation sites (tertiary alicyclic amines) is 1. The Balaban J connectivity index is 1.02. The van der Waals surface area contributed by atoms with Gasteiger partial charge in [-0.05, 0) is 164 Å². The average Bonchev–Trinajstić information content (AvgIpc) is 0.758. The predicted molar refractivity (Wildman–Crippen MR) is 394 cm³/mol. The third kappa shape index (κ3) is 17.3. The van der Waals surface area contributed by atoms with Crippen molar-refractivity contribution in [3.05, 3.63) is 164 Å². The van der Waals surface area contributed by atoms with Crippen molar-refractivity contribution in [1.82, 2.24) is 47.4 Å². The molecule has 7 amide bonds. The third-order valence-electron chi connectivity index (χ3n) is 20.1. The minimum Gasteiger partial charge on any atom is -0.508 e. The molecule has 2 unspecified atom stereocenters. The van der Waals surface area contributed by atoms with E-state index in [2.05, 4.69) is 61.3 Å². The lowest BCUT2D eigenvalue weighted by atomic mass is 9.87. The zero-order chi connectivity index (χ0) is 75.9. The zero-order valence-corrected chi connectivity index (χ0v) is 60.3. The van der Waals surface area contributed by atoms with Crippen LogP contribution in [0, 0.1) is 0 Å². The maximum atomic E-state index is 16.2. The van der Waals surface area contributed by atoms with Crippen LogP contribution in [0.1, 0.15) is 172 Å². The number of aliphatic hydroxyl groups excluding tert-OH is 1. The zero-order valence-electron chi connectivity index (χ0n) is 58.8. The van der Waals surface area contributed by atoms with E-state index < -0.39 is 136 Å². The van der Waals surface area contributed by atoms with Crippen LogP contribution in [0.2, 0.25) is 10.0 Å². The van der Waals surface area contributed by atoms with Gasteiger partial charge in [0.2, 0.25) is 47.1 Å². The number of aromatic hydroxyl groups is 6. The lowest BCUT2D eigenvalue weighted by Gasteiger charge is -2.33. The number of amides is 7. The van der Waals surface area contributed by atoms with E-state index in [1.54, 1.807) is 0 Å². The number of benzene rings is 7. The van der Waals surface area contributed by atoms with Gasteiger partial charge in [0, 0.05) is 49.3 Å². The molecule has 564 valence electrons. The highest BCUT2D eigenvalue weighted by molar-refractivity contribution is 6.32. The molecule has 7 aliphatic rings. The van der Waals surface area contributed by atoms with Crippen molar-refractivity contribution < 1.29 is 83.5 Å². The molecule has 14 rings (SSSR count). The van der Waals surface area contributed by atoms with Gasteiger partial charge in [-0.2, -0.15) is 0 Å². The molecule has 0 aromatic heterocycles. The van der Waals surface area contributed by atoms with E-state index in [9.17, 15) is 40.5 Å². The highest BCUT2D eigenvalue weighted by Crippen LogP contribution is 2.49. The molecule has 7 aromatic rings. The number of hydrogen-bond donors (Lipinski definition) is 16. The van der Waals surface area contributed by atoms with Crippen LogP contribution in [0.15, 0.2) is 109 Å². The van der Waals surface area contributed by atoms with Gasteiger partial charge >= 0.3 is 0 Å². The van der Waals surface area contributed by atoms with Gasteiger partial charge in [0.15, 0.2) is 23.0 Å². The molecular weight excluding hydrogens is 1420 g/mol. The Kier molecular flexibility index (Phi) is 23.8. The molecule has 0 radical (unpaired) electrons. The summed E-state index contributed by atoms with van der Waals surface area (Å²) < 4.78 is 18.8. The molecule has 7 aromatic carbocycles. The summed E-state index contributed by atoms with van der Waals surface area (Å²) in [5.74, 6) is -13.1. The number of unbranched alkanes of at least 4 members (excludes halogenated alkanes) is 7. The summed E-state index contributed by atoms with van der Waals surface area (Å²) in [4.78, 5) is 110. The second kappa shape index (κ2) is 33.5. The number of nitrogens with zero attached hydrogens (tertiary/aromatic N) is 1.